The van der Waals surface area contributed by atoms with Crippen LogP contribution in [0.4, 0.5) is 11.4 Å². The van der Waals surface area contributed by atoms with E-state index in [1.165, 1.54) is 84.2 Å². The van der Waals surface area contributed by atoms with Crippen molar-refractivity contribution in [2.75, 3.05) is 47.5 Å². The first-order valence-corrected chi connectivity index (χ1v) is 16.7. The third-order valence-electron chi connectivity index (χ3n) is 7.89. The fourth-order valence-electron chi connectivity index (χ4n) is 5.60. The Bertz CT molecular complexity index is 1220. The second kappa shape index (κ2) is 13.6. The first-order valence-electron chi connectivity index (χ1n) is 14.7. The Kier molecular flexibility index (Phi) is 9.26. The van der Waals surface area contributed by atoms with Crippen LogP contribution in [0.2, 0.25) is 0 Å². The maximum absolute atomic E-state index is 2.48. The molecule has 2 aromatic carbocycles. The van der Waals surface area contributed by atoms with Gasteiger partial charge >= 0.3 is 0 Å². The van der Waals surface area contributed by atoms with Crippen molar-refractivity contribution in [1.29, 1.82) is 0 Å². The highest BCUT2D eigenvalue weighted by atomic mass is 32.2. The first-order chi connectivity index (χ1) is 19.8. The molecule has 2 aliphatic heterocycles. The summed E-state index contributed by atoms with van der Waals surface area (Å²) in [6.45, 7) is 6.62. The number of pyridine rings is 2. The van der Waals surface area contributed by atoms with Crippen LogP contribution in [0.3, 0.4) is 0 Å². The van der Waals surface area contributed by atoms with E-state index in [-0.39, 0.29) is 0 Å². The van der Waals surface area contributed by atoms with Gasteiger partial charge in [-0.15, -0.1) is 23.5 Å². The van der Waals surface area contributed by atoms with E-state index < -0.39 is 0 Å². The fraction of sp³-hybridized carbons (Fsp3) is 0.353. The van der Waals surface area contributed by atoms with Crippen molar-refractivity contribution in [3.05, 3.63) is 109 Å². The minimum absolute atomic E-state index is 0.916. The molecule has 0 N–H and O–H groups in total. The molecule has 0 aliphatic carbocycles. The molecule has 6 rings (SSSR count). The van der Waals surface area contributed by atoms with E-state index in [0.29, 0.717) is 0 Å². The molecule has 2 aliphatic rings. The maximum atomic E-state index is 2.48. The number of rotatable bonds is 11. The van der Waals surface area contributed by atoms with Gasteiger partial charge in [0.25, 0.3) is 0 Å². The number of hydrogen-bond acceptors (Lipinski definition) is 4. The lowest BCUT2D eigenvalue weighted by molar-refractivity contribution is -0.688. The number of anilines is 2. The Hall–Kier alpha value is -2.96. The number of hydrogen-bond donors (Lipinski definition) is 0. The van der Waals surface area contributed by atoms with Crippen molar-refractivity contribution in [3.63, 3.8) is 0 Å². The van der Waals surface area contributed by atoms with Gasteiger partial charge in [0.05, 0.1) is 0 Å². The largest absolute Gasteiger partial charge is 0.371 e. The third kappa shape index (κ3) is 7.41. The second-order valence-electron chi connectivity index (χ2n) is 10.8. The zero-order valence-electron chi connectivity index (χ0n) is 23.3. The van der Waals surface area contributed by atoms with Crippen LogP contribution in [0.15, 0.2) is 107 Å². The van der Waals surface area contributed by atoms with E-state index in [2.05, 4.69) is 117 Å². The van der Waals surface area contributed by atoms with Gasteiger partial charge in [0.15, 0.2) is 37.9 Å². The highest BCUT2D eigenvalue weighted by molar-refractivity contribution is 8.03. The topological polar surface area (TPSA) is 14.2 Å². The molecule has 0 bridgehead atoms. The molecule has 0 saturated carbocycles. The predicted molar refractivity (Wildman–Crippen MR) is 169 cm³/mol. The monoisotopic (exact) mass is 568 g/mol. The highest BCUT2D eigenvalue weighted by Crippen LogP contribution is 2.24. The van der Waals surface area contributed by atoms with Crippen LogP contribution in [0.1, 0.15) is 36.8 Å². The molecule has 0 spiro atoms. The number of aromatic nitrogens is 2. The van der Waals surface area contributed by atoms with Crippen molar-refractivity contribution in [2.24, 2.45) is 0 Å². The number of benzene rings is 2. The molecular weight excluding hydrogens is 529 g/mol. The summed E-state index contributed by atoms with van der Waals surface area (Å²) >= 11 is 3.89. The summed E-state index contributed by atoms with van der Waals surface area (Å²) in [5.74, 6) is 2.22. The molecule has 0 atom stereocenters. The van der Waals surface area contributed by atoms with Crippen molar-refractivity contribution >= 4 is 34.9 Å². The van der Waals surface area contributed by atoms with Crippen molar-refractivity contribution in [2.45, 2.75) is 48.6 Å². The Labute approximate surface area is 248 Å². The van der Waals surface area contributed by atoms with Gasteiger partial charge < -0.3 is 9.80 Å². The van der Waals surface area contributed by atoms with Crippen LogP contribution in [0.5, 0.6) is 0 Å². The maximum Gasteiger partial charge on any atom is 0.173 e. The Morgan fingerprint density at radius 1 is 0.475 bits per heavy atom. The highest BCUT2D eigenvalue weighted by Gasteiger charge is 2.15. The summed E-state index contributed by atoms with van der Waals surface area (Å²) in [6.07, 6.45) is 14.1. The van der Waals surface area contributed by atoms with E-state index in [1.807, 2.05) is 23.5 Å². The Morgan fingerprint density at radius 2 is 0.825 bits per heavy atom. The van der Waals surface area contributed by atoms with E-state index >= 15 is 0 Å². The van der Waals surface area contributed by atoms with Gasteiger partial charge in [-0.1, -0.05) is 24.3 Å². The van der Waals surface area contributed by atoms with Crippen LogP contribution in [0, 0.1) is 0 Å². The Morgan fingerprint density at radius 3 is 1.18 bits per heavy atom. The average Bonchev–Trinajstić information content (AvgIpc) is 3.74. The summed E-state index contributed by atoms with van der Waals surface area (Å²) < 4.78 is 4.54. The normalized spacial score (nSPS) is 15.2. The molecule has 0 radical (unpaired) electrons. The second-order valence-corrected chi connectivity index (χ2v) is 13.2. The number of nitrogens with zero attached hydrogens (tertiary/aromatic N) is 4. The van der Waals surface area contributed by atoms with Crippen molar-refractivity contribution < 1.29 is 9.13 Å². The van der Waals surface area contributed by atoms with Crippen LogP contribution < -0.4 is 18.9 Å². The van der Waals surface area contributed by atoms with E-state index in [4.69, 9.17) is 0 Å². The average molecular weight is 569 g/mol. The lowest BCUT2D eigenvalue weighted by Crippen LogP contribution is -2.33. The molecule has 40 heavy (non-hydrogen) atoms. The van der Waals surface area contributed by atoms with Gasteiger partial charge in [0, 0.05) is 94.2 Å². The molecule has 2 saturated heterocycles. The molecule has 6 heteroatoms. The quantitative estimate of drug-likeness (QED) is 0.117. The van der Waals surface area contributed by atoms with Gasteiger partial charge in [-0.2, -0.15) is 0 Å². The minimum atomic E-state index is 0.916. The zero-order valence-corrected chi connectivity index (χ0v) is 25.0. The molecule has 4 heterocycles. The van der Waals surface area contributed by atoms with E-state index in [1.54, 1.807) is 0 Å². The van der Waals surface area contributed by atoms with Crippen molar-refractivity contribution in [3.8, 4) is 0 Å². The standard InChI is InChI=1S/C34H40N4S2/c1-2-18-37(17-1)31-13-21-35(22-14-31)27-29-5-9-33(10-6-29)39-25-26-40-34-11-7-30(8-12-34)28-36-23-15-32(16-24-36)38-19-3-4-20-38/h5-16,21-24H,1-4,17-20,25-28H2/q+2. The van der Waals surface area contributed by atoms with Crippen LogP contribution in [-0.2, 0) is 13.1 Å². The van der Waals surface area contributed by atoms with Gasteiger partial charge in [-0.05, 0) is 49.9 Å². The molecule has 206 valence electrons. The van der Waals surface area contributed by atoms with Crippen LogP contribution in [-0.4, -0.2) is 37.7 Å². The van der Waals surface area contributed by atoms with E-state index in [9.17, 15) is 0 Å². The lowest BCUT2D eigenvalue weighted by Gasteiger charge is -2.16. The van der Waals surface area contributed by atoms with E-state index in [0.717, 1.165) is 24.6 Å². The predicted octanol–water partition coefficient (Wildman–Crippen LogP) is 6.44. The fourth-order valence-corrected chi connectivity index (χ4v) is 7.40. The third-order valence-corrected chi connectivity index (χ3v) is 10.2. The minimum Gasteiger partial charge on any atom is -0.371 e. The summed E-state index contributed by atoms with van der Waals surface area (Å²) in [5.41, 5.74) is 5.40. The molecule has 2 aromatic heterocycles. The van der Waals surface area contributed by atoms with Gasteiger partial charge in [0.2, 0.25) is 0 Å². The van der Waals surface area contributed by atoms with Gasteiger partial charge in [-0.25, -0.2) is 9.13 Å². The van der Waals surface area contributed by atoms with Gasteiger partial charge in [0.1, 0.15) is 0 Å². The smallest absolute Gasteiger partial charge is 0.173 e. The van der Waals surface area contributed by atoms with Crippen LogP contribution in [0.25, 0.3) is 0 Å². The zero-order chi connectivity index (χ0) is 27.0. The molecule has 2 fully saturated rings. The molecule has 4 aromatic rings. The van der Waals surface area contributed by atoms with Crippen LogP contribution >= 0.6 is 23.5 Å². The molecule has 4 nitrogen and oxygen atoms in total. The SMILES string of the molecule is c1cc(SCCSc2ccc(C[n+]3ccc(N4CCCC4)cc3)cc2)ccc1C[n+]1ccc(N2CCCC2)cc1. The summed E-state index contributed by atoms with van der Waals surface area (Å²) in [6, 6.07) is 27.2. The first kappa shape index (κ1) is 27.2. The lowest BCUT2D eigenvalue weighted by atomic mass is 10.2. The molecule has 0 amide bonds. The summed E-state index contributed by atoms with van der Waals surface area (Å²) in [4.78, 5) is 7.67. The Balaban J connectivity index is 0.910. The summed E-state index contributed by atoms with van der Waals surface area (Å²) in [7, 11) is 0. The summed E-state index contributed by atoms with van der Waals surface area (Å²) in [5, 5.41) is 0. The molecular formula is C34H40N4S2+2. The van der Waals surface area contributed by atoms with Gasteiger partial charge in [-0.3, -0.25) is 0 Å². The van der Waals surface area contributed by atoms with Crippen molar-refractivity contribution in [1.82, 2.24) is 0 Å². The number of thioether (sulfide) groups is 2. The molecule has 0 unspecified atom stereocenters.